The third kappa shape index (κ3) is 2.70. The van der Waals surface area contributed by atoms with Gasteiger partial charge in [0.1, 0.15) is 6.10 Å². The monoisotopic (exact) mass is 450 g/mol. The number of aliphatic hydroxyl groups is 2. The number of hydrogen-bond donors (Lipinski definition) is 2. The van der Waals surface area contributed by atoms with Crippen molar-refractivity contribution < 1.29 is 29.2 Å². The molecule has 2 saturated carbocycles. The van der Waals surface area contributed by atoms with E-state index in [-0.39, 0.29) is 41.8 Å². The van der Waals surface area contributed by atoms with Crippen LogP contribution in [0.2, 0.25) is 0 Å². The maximum atomic E-state index is 12.6. The molecule has 0 radical (unpaired) electrons. The lowest BCUT2D eigenvalue weighted by Gasteiger charge is -2.70. The Morgan fingerprint density at radius 2 is 1.81 bits per heavy atom. The molecule has 6 heteroatoms. The second-order valence-electron chi connectivity index (χ2n) is 11.9. The van der Waals surface area contributed by atoms with Crippen LogP contribution in [-0.2, 0) is 19.0 Å². The predicted octanol–water partition coefficient (Wildman–Crippen LogP) is 3.49. The first-order valence-corrected chi connectivity index (χ1v) is 12.2. The number of fused-ring (bicyclic) bond motifs is 5. The van der Waals surface area contributed by atoms with E-state index in [2.05, 4.69) is 48.5 Å². The second-order valence-corrected chi connectivity index (χ2v) is 11.9. The first-order valence-electron chi connectivity index (χ1n) is 12.2. The van der Waals surface area contributed by atoms with Gasteiger partial charge in [0.15, 0.2) is 5.60 Å². The zero-order valence-electron chi connectivity index (χ0n) is 21.2. The van der Waals surface area contributed by atoms with Gasteiger partial charge in [0.25, 0.3) is 0 Å². The number of aliphatic hydroxyl groups excluding tert-OH is 1. The molecule has 2 N–H and O–H groups in total. The molecule has 10 atom stereocenters. The van der Waals surface area contributed by atoms with Gasteiger partial charge in [-0.25, -0.2) is 0 Å². The van der Waals surface area contributed by atoms with Gasteiger partial charge >= 0.3 is 5.97 Å². The van der Waals surface area contributed by atoms with Crippen LogP contribution in [0.25, 0.3) is 0 Å². The van der Waals surface area contributed by atoms with Crippen molar-refractivity contribution in [2.45, 2.75) is 97.7 Å². The minimum Gasteiger partial charge on any atom is -0.454 e. The molecule has 0 aromatic heterocycles. The Morgan fingerprint density at radius 3 is 2.31 bits per heavy atom. The number of hydrogen-bond acceptors (Lipinski definition) is 6. The molecular weight excluding hydrogens is 408 g/mol. The SMILES string of the molecule is CO[C@H]1C[C@@]2(O)[C@@H](C)[C@@H]3[C@]4(OC(C)=O)CO[C@@H]4C[C@H](C)[C@@]3(C)[C@@H](O)[C@@H](C)C(=C1C)C2(C)C. The van der Waals surface area contributed by atoms with Crippen molar-refractivity contribution in [2.24, 2.45) is 34.5 Å². The first kappa shape index (κ1) is 24.2. The highest BCUT2D eigenvalue weighted by Gasteiger charge is 2.74. The highest BCUT2D eigenvalue weighted by atomic mass is 16.6. The van der Waals surface area contributed by atoms with Crippen molar-refractivity contribution >= 4 is 5.97 Å². The molecule has 4 rings (SSSR count). The van der Waals surface area contributed by atoms with Gasteiger partial charge in [0.2, 0.25) is 0 Å². The van der Waals surface area contributed by atoms with Gasteiger partial charge in [0, 0.05) is 43.1 Å². The molecular formula is C26H42O6. The summed E-state index contributed by atoms with van der Waals surface area (Å²) in [7, 11) is 1.69. The smallest absolute Gasteiger partial charge is 0.303 e. The fraction of sp³-hybridized carbons (Fsp3) is 0.885. The lowest BCUT2D eigenvalue weighted by Crippen LogP contribution is -2.78. The standard InChI is InChI=1S/C26H42O6/c1-13-10-19-25(12-31-19,32-17(5)27)21-16(4)26(29)11-18(30-9)14(2)20(23(26,6)7)15(3)22(28)24(13,21)8/h13,15-16,18-19,21-22,28-29H,10-12H2,1-9H3/t13-,15-,16-,18-,19+,21-,22-,24+,25-,26+/m0/s1. The van der Waals surface area contributed by atoms with E-state index in [0.717, 1.165) is 17.6 Å². The van der Waals surface area contributed by atoms with E-state index in [0.29, 0.717) is 13.0 Å². The van der Waals surface area contributed by atoms with E-state index in [1.54, 1.807) is 7.11 Å². The summed E-state index contributed by atoms with van der Waals surface area (Å²) in [6, 6.07) is 0. The van der Waals surface area contributed by atoms with Crippen molar-refractivity contribution in [1.29, 1.82) is 0 Å². The summed E-state index contributed by atoms with van der Waals surface area (Å²) in [6.07, 6.45) is 0.0940. The van der Waals surface area contributed by atoms with Gasteiger partial charge in [-0.15, -0.1) is 0 Å². The zero-order valence-corrected chi connectivity index (χ0v) is 21.2. The number of methoxy groups -OCH3 is 1. The maximum absolute atomic E-state index is 12.6. The summed E-state index contributed by atoms with van der Waals surface area (Å²) in [4.78, 5) is 12.3. The molecule has 1 saturated heterocycles. The molecule has 182 valence electrons. The summed E-state index contributed by atoms with van der Waals surface area (Å²) in [5, 5.41) is 24.6. The molecule has 0 spiro atoms. The van der Waals surface area contributed by atoms with Gasteiger partial charge in [-0.3, -0.25) is 4.79 Å². The molecule has 0 aromatic rings. The number of rotatable bonds is 2. The summed E-state index contributed by atoms with van der Waals surface area (Å²) in [6.45, 7) is 16.5. The van der Waals surface area contributed by atoms with Crippen molar-refractivity contribution in [2.75, 3.05) is 13.7 Å². The average Bonchev–Trinajstić information content (AvgIpc) is 2.70. The van der Waals surface area contributed by atoms with E-state index in [4.69, 9.17) is 14.2 Å². The average molecular weight is 451 g/mol. The molecule has 3 fully saturated rings. The van der Waals surface area contributed by atoms with Crippen LogP contribution < -0.4 is 0 Å². The largest absolute Gasteiger partial charge is 0.454 e. The van der Waals surface area contributed by atoms with Crippen molar-refractivity contribution in [3.63, 3.8) is 0 Å². The molecule has 1 aliphatic heterocycles. The van der Waals surface area contributed by atoms with Crippen LogP contribution in [0.1, 0.15) is 68.2 Å². The molecule has 32 heavy (non-hydrogen) atoms. The van der Waals surface area contributed by atoms with Gasteiger partial charge in [-0.1, -0.05) is 47.1 Å². The van der Waals surface area contributed by atoms with E-state index < -0.39 is 28.1 Å². The Kier molecular flexibility index (Phi) is 5.50. The molecule has 6 nitrogen and oxygen atoms in total. The quantitative estimate of drug-likeness (QED) is 0.495. The van der Waals surface area contributed by atoms with E-state index in [9.17, 15) is 15.0 Å². The predicted molar refractivity (Wildman–Crippen MR) is 121 cm³/mol. The van der Waals surface area contributed by atoms with Gasteiger partial charge in [-0.2, -0.15) is 0 Å². The Balaban J connectivity index is 2.01. The molecule has 4 aliphatic rings. The van der Waals surface area contributed by atoms with Crippen LogP contribution in [0.4, 0.5) is 0 Å². The molecule has 3 aliphatic carbocycles. The fourth-order valence-electron chi connectivity index (χ4n) is 8.70. The van der Waals surface area contributed by atoms with Gasteiger partial charge in [-0.05, 0) is 30.8 Å². The minimum absolute atomic E-state index is 0.131. The third-order valence-corrected chi connectivity index (χ3v) is 10.5. The zero-order chi connectivity index (χ0) is 24.0. The molecule has 1 heterocycles. The van der Waals surface area contributed by atoms with E-state index >= 15 is 0 Å². The van der Waals surface area contributed by atoms with Gasteiger partial charge < -0.3 is 24.4 Å². The first-order chi connectivity index (χ1) is 14.7. The fourth-order valence-corrected chi connectivity index (χ4v) is 8.70. The van der Waals surface area contributed by atoms with Crippen molar-refractivity contribution in [3.8, 4) is 0 Å². The number of ether oxygens (including phenoxy) is 3. The van der Waals surface area contributed by atoms with Gasteiger partial charge in [0.05, 0.1) is 24.4 Å². The van der Waals surface area contributed by atoms with Crippen LogP contribution in [-0.4, -0.2) is 59.4 Å². The maximum Gasteiger partial charge on any atom is 0.303 e. The van der Waals surface area contributed by atoms with Crippen LogP contribution in [0, 0.1) is 34.5 Å². The Morgan fingerprint density at radius 1 is 1.19 bits per heavy atom. The Bertz CT molecular complexity index is 834. The minimum atomic E-state index is -1.10. The van der Waals surface area contributed by atoms with E-state index in [1.165, 1.54) is 6.92 Å². The number of esters is 1. The summed E-state index contributed by atoms with van der Waals surface area (Å²) >= 11 is 0. The van der Waals surface area contributed by atoms with E-state index in [1.807, 2.05) is 0 Å². The number of carbonyl (C=O) groups is 1. The normalized spacial score (nSPS) is 52.2. The number of carbonyl (C=O) groups excluding carboxylic acids is 1. The lowest BCUT2D eigenvalue weighted by atomic mass is 9.40. The van der Waals surface area contributed by atoms with Crippen LogP contribution in [0.5, 0.6) is 0 Å². The van der Waals surface area contributed by atoms with Crippen molar-refractivity contribution in [1.82, 2.24) is 0 Å². The molecule has 0 unspecified atom stereocenters. The summed E-state index contributed by atoms with van der Waals surface area (Å²) in [5.74, 6) is -0.914. The molecule has 2 bridgehead atoms. The topological polar surface area (TPSA) is 85.2 Å². The molecule has 0 aromatic carbocycles. The molecule has 0 amide bonds. The highest BCUT2D eigenvalue weighted by molar-refractivity contribution is 5.67. The second kappa shape index (κ2) is 7.27. The van der Waals surface area contributed by atoms with Crippen molar-refractivity contribution in [3.05, 3.63) is 11.1 Å². The summed E-state index contributed by atoms with van der Waals surface area (Å²) < 4.78 is 17.9. The highest BCUT2D eigenvalue weighted by Crippen LogP contribution is 2.68. The Labute approximate surface area is 192 Å². The van der Waals surface area contributed by atoms with Crippen LogP contribution >= 0.6 is 0 Å². The van der Waals surface area contributed by atoms with Crippen LogP contribution in [0.3, 0.4) is 0 Å². The lowest BCUT2D eigenvalue weighted by molar-refractivity contribution is -0.349. The third-order valence-electron chi connectivity index (χ3n) is 10.5. The summed E-state index contributed by atoms with van der Waals surface area (Å²) in [5.41, 5.74) is -0.873. The Hall–Kier alpha value is -0.950. The van der Waals surface area contributed by atoms with Crippen LogP contribution in [0.15, 0.2) is 11.1 Å².